The molecule has 0 N–H and O–H groups in total. The minimum absolute atomic E-state index is 0.0531. The van der Waals surface area contributed by atoms with Crippen LogP contribution in [0.5, 0.6) is 0 Å². The topological polar surface area (TPSA) is 69.7 Å². The average Bonchev–Trinajstić information content (AvgIpc) is 2.12. The second kappa shape index (κ2) is 6.68. The van der Waals surface area contributed by atoms with E-state index in [1.54, 1.807) is 41.5 Å². The third kappa shape index (κ3) is 7.59. The number of esters is 2. The fourth-order valence-electron chi connectivity index (χ4n) is 1.42. The first kappa shape index (κ1) is 17.6. The van der Waals surface area contributed by atoms with E-state index in [0.29, 0.717) is 0 Å². The number of ether oxygens (including phenoxy) is 2. The van der Waals surface area contributed by atoms with Gasteiger partial charge in [0.1, 0.15) is 17.8 Å². The Kier molecular flexibility index (Phi) is 6.19. The van der Waals surface area contributed by atoms with Gasteiger partial charge in [0, 0.05) is 5.41 Å². The van der Waals surface area contributed by atoms with Gasteiger partial charge < -0.3 is 9.47 Å². The molecule has 0 radical (unpaired) electrons. The van der Waals surface area contributed by atoms with Crippen LogP contribution in [0.25, 0.3) is 0 Å². The maximum atomic E-state index is 11.9. The van der Waals surface area contributed by atoms with E-state index in [-0.39, 0.29) is 25.2 Å². The lowest BCUT2D eigenvalue weighted by atomic mass is 9.83. The number of hydrogen-bond donors (Lipinski definition) is 0. The van der Waals surface area contributed by atoms with Crippen LogP contribution in [0.2, 0.25) is 0 Å². The smallest absolute Gasteiger partial charge is 0.313 e. The second-order valence-electron chi connectivity index (χ2n) is 6.05. The van der Waals surface area contributed by atoms with Gasteiger partial charge in [0.2, 0.25) is 0 Å². The summed E-state index contributed by atoms with van der Waals surface area (Å²) in [5, 5.41) is 0. The van der Waals surface area contributed by atoms with Crippen LogP contribution in [0.15, 0.2) is 0 Å². The standard InChI is InChI=1S/C14H24O5/c1-7-18-11(16)8-10(15)14(5,6)9-12(17)19-13(2,3)4/h7-9H2,1-6H3. The van der Waals surface area contributed by atoms with E-state index in [1.807, 2.05) is 0 Å². The molecule has 0 amide bonds. The molecule has 0 aliphatic heterocycles. The highest BCUT2D eigenvalue weighted by atomic mass is 16.6. The van der Waals surface area contributed by atoms with Gasteiger partial charge in [0.15, 0.2) is 0 Å². The van der Waals surface area contributed by atoms with Gasteiger partial charge >= 0.3 is 11.9 Å². The molecule has 0 aromatic heterocycles. The normalized spacial score (nSPS) is 11.9. The van der Waals surface area contributed by atoms with E-state index in [1.165, 1.54) is 0 Å². The van der Waals surface area contributed by atoms with E-state index in [4.69, 9.17) is 9.47 Å². The fraction of sp³-hybridized carbons (Fsp3) is 0.786. The summed E-state index contributed by atoms with van der Waals surface area (Å²) in [6.45, 7) is 10.4. The Morgan fingerprint density at radius 2 is 1.47 bits per heavy atom. The number of rotatable bonds is 6. The Morgan fingerprint density at radius 1 is 0.947 bits per heavy atom. The van der Waals surface area contributed by atoms with Crippen LogP contribution in [0.4, 0.5) is 0 Å². The summed E-state index contributed by atoms with van der Waals surface area (Å²) in [6.07, 6.45) is -0.369. The van der Waals surface area contributed by atoms with Gasteiger partial charge in [0.25, 0.3) is 0 Å². The first-order valence-electron chi connectivity index (χ1n) is 6.38. The first-order valence-corrected chi connectivity index (χ1v) is 6.38. The van der Waals surface area contributed by atoms with Gasteiger partial charge in [0.05, 0.1) is 13.0 Å². The highest BCUT2D eigenvalue weighted by molar-refractivity contribution is 5.99. The molecule has 110 valence electrons. The Labute approximate surface area is 114 Å². The molecule has 0 saturated heterocycles. The van der Waals surface area contributed by atoms with Crippen molar-refractivity contribution in [1.29, 1.82) is 0 Å². The van der Waals surface area contributed by atoms with Crippen molar-refractivity contribution >= 4 is 17.7 Å². The molecule has 0 atom stereocenters. The number of hydrogen-bond acceptors (Lipinski definition) is 5. The van der Waals surface area contributed by atoms with Gasteiger partial charge in [-0.1, -0.05) is 13.8 Å². The minimum Gasteiger partial charge on any atom is -0.466 e. The molecule has 0 fully saturated rings. The van der Waals surface area contributed by atoms with Crippen molar-refractivity contribution in [3.63, 3.8) is 0 Å². The van der Waals surface area contributed by atoms with Crippen LogP contribution in [0.3, 0.4) is 0 Å². The van der Waals surface area contributed by atoms with Crippen LogP contribution >= 0.6 is 0 Å². The van der Waals surface area contributed by atoms with E-state index < -0.39 is 23.0 Å². The minimum atomic E-state index is -0.935. The molecule has 0 heterocycles. The van der Waals surface area contributed by atoms with Crippen molar-refractivity contribution in [1.82, 2.24) is 0 Å². The van der Waals surface area contributed by atoms with Gasteiger partial charge in [-0.2, -0.15) is 0 Å². The second-order valence-corrected chi connectivity index (χ2v) is 6.05. The quantitative estimate of drug-likeness (QED) is 0.548. The summed E-state index contributed by atoms with van der Waals surface area (Å²) < 4.78 is 9.89. The van der Waals surface area contributed by atoms with Crippen molar-refractivity contribution in [2.75, 3.05) is 6.61 Å². The molecular weight excluding hydrogens is 248 g/mol. The maximum absolute atomic E-state index is 11.9. The monoisotopic (exact) mass is 272 g/mol. The molecular formula is C14H24O5. The Hall–Kier alpha value is -1.39. The van der Waals surface area contributed by atoms with Crippen molar-refractivity contribution in [3.8, 4) is 0 Å². The van der Waals surface area contributed by atoms with Crippen molar-refractivity contribution in [3.05, 3.63) is 0 Å². The van der Waals surface area contributed by atoms with E-state index in [9.17, 15) is 14.4 Å². The lowest BCUT2D eigenvalue weighted by molar-refractivity contribution is -0.160. The molecule has 5 heteroatoms. The number of carbonyl (C=O) groups is 3. The summed E-state index contributed by atoms with van der Waals surface area (Å²) in [4.78, 5) is 34.9. The Morgan fingerprint density at radius 3 is 1.89 bits per heavy atom. The molecule has 0 unspecified atom stereocenters. The van der Waals surface area contributed by atoms with Crippen molar-refractivity contribution in [2.45, 2.75) is 60.0 Å². The summed E-state index contributed by atoms with van der Waals surface area (Å²) in [6, 6.07) is 0. The van der Waals surface area contributed by atoms with Crippen LogP contribution in [0.1, 0.15) is 54.4 Å². The molecule has 5 nitrogen and oxygen atoms in total. The largest absolute Gasteiger partial charge is 0.466 e. The highest BCUT2D eigenvalue weighted by Gasteiger charge is 2.33. The van der Waals surface area contributed by atoms with Crippen LogP contribution < -0.4 is 0 Å². The maximum Gasteiger partial charge on any atom is 0.313 e. The van der Waals surface area contributed by atoms with Gasteiger partial charge in [-0.25, -0.2) is 0 Å². The molecule has 0 aliphatic rings. The Bertz CT molecular complexity index is 349. The molecule has 19 heavy (non-hydrogen) atoms. The van der Waals surface area contributed by atoms with E-state index in [2.05, 4.69) is 0 Å². The van der Waals surface area contributed by atoms with Crippen LogP contribution in [-0.2, 0) is 23.9 Å². The zero-order chi connectivity index (χ0) is 15.3. The SMILES string of the molecule is CCOC(=O)CC(=O)C(C)(C)CC(=O)OC(C)(C)C. The van der Waals surface area contributed by atoms with Gasteiger partial charge in [-0.15, -0.1) is 0 Å². The molecule has 0 aromatic rings. The highest BCUT2D eigenvalue weighted by Crippen LogP contribution is 2.25. The Balaban J connectivity index is 4.49. The zero-order valence-electron chi connectivity index (χ0n) is 12.7. The fourth-order valence-corrected chi connectivity index (χ4v) is 1.42. The molecule has 0 spiro atoms. The van der Waals surface area contributed by atoms with E-state index in [0.717, 1.165) is 0 Å². The molecule has 0 bridgehead atoms. The summed E-state index contributed by atoms with van der Waals surface area (Å²) in [7, 11) is 0. The third-order valence-electron chi connectivity index (χ3n) is 2.37. The van der Waals surface area contributed by atoms with Crippen molar-refractivity contribution in [2.24, 2.45) is 5.41 Å². The van der Waals surface area contributed by atoms with Crippen molar-refractivity contribution < 1.29 is 23.9 Å². The van der Waals surface area contributed by atoms with Crippen LogP contribution in [-0.4, -0.2) is 29.9 Å². The summed E-state index contributed by atoms with van der Waals surface area (Å²) >= 11 is 0. The van der Waals surface area contributed by atoms with E-state index >= 15 is 0 Å². The molecule has 0 rings (SSSR count). The number of ketones is 1. The average molecular weight is 272 g/mol. The summed E-state index contributed by atoms with van der Waals surface area (Å²) in [5.41, 5.74) is -1.52. The molecule has 0 aromatic carbocycles. The molecule has 0 saturated carbocycles. The predicted octanol–water partition coefficient (Wildman–Crippen LogP) is 2.27. The number of Topliss-reactive ketones (excluding diaryl/α,β-unsaturated/α-hetero) is 1. The lowest BCUT2D eigenvalue weighted by Gasteiger charge is -2.25. The zero-order valence-corrected chi connectivity index (χ0v) is 12.7. The molecule has 0 aliphatic carbocycles. The number of carbonyl (C=O) groups excluding carboxylic acids is 3. The predicted molar refractivity (Wildman–Crippen MR) is 70.5 cm³/mol. The lowest BCUT2D eigenvalue weighted by Crippen LogP contribution is -2.33. The third-order valence-corrected chi connectivity index (χ3v) is 2.37. The van der Waals surface area contributed by atoms with Gasteiger partial charge in [-0.05, 0) is 27.7 Å². The summed E-state index contributed by atoms with van der Waals surface area (Å²) in [5.74, 6) is -1.34. The van der Waals surface area contributed by atoms with Gasteiger partial charge in [-0.3, -0.25) is 14.4 Å². The van der Waals surface area contributed by atoms with Crippen LogP contribution in [0, 0.1) is 5.41 Å². The first-order chi connectivity index (χ1) is 8.48.